The minimum Gasteiger partial charge on any atom is -0.458 e. The second-order valence-corrected chi connectivity index (χ2v) is 22.7. The van der Waals surface area contributed by atoms with Crippen LogP contribution in [0.3, 0.4) is 0 Å². The summed E-state index contributed by atoms with van der Waals surface area (Å²) in [5.74, 6) is -15.5. The molecular formula is C68H38F4O14S2. The molecule has 88 heavy (non-hydrogen) atoms. The van der Waals surface area contributed by atoms with Crippen molar-refractivity contribution in [3.8, 4) is 32.4 Å². The fourth-order valence-corrected chi connectivity index (χ4v) is 13.0. The molecule has 0 saturated heterocycles. The number of rotatable bonds is 14. The van der Waals surface area contributed by atoms with Gasteiger partial charge in [-0.3, -0.25) is 19.2 Å². The standard InChI is InChI=1S/C68H38F4O14S2/c69-39-21-43-45(57(73)59(75)55(43)51(71)23-39)25-41-27-53-61(87-41)47-30-50-48(29-49(47)67(85-53,63(77)81-31-35-13-5-1-6-14-35)64(78)82-32-36-15-7-2-8-16-36)62-54(28-42(88-62)26-46-44-22-40(70)24-52(72)56(44)60(76)58(46)74)86-68(50,65(79)83-33-37-17-9-3-10-18-37)66(80)84-34-38-19-11-4-12-20-38/h1-30H,31-34H2/b45-25-,46-26-. The predicted octanol–water partition coefficient (Wildman–Crippen LogP) is 12.5. The molecule has 0 spiro atoms. The van der Waals surface area contributed by atoms with E-state index >= 15 is 28.0 Å². The number of benzene rings is 7. The van der Waals surface area contributed by atoms with Crippen LogP contribution in [0.1, 0.15) is 75.0 Å². The quantitative estimate of drug-likeness (QED) is 0.0249. The molecule has 0 saturated carbocycles. The van der Waals surface area contributed by atoms with Crippen molar-refractivity contribution in [1.29, 1.82) is 0 Å². The van der Waals surface area contributed by atoms with Crippen LogP contribution in [0.25, 0.3) is 44.2 Å². The van der Waals surface area contributed by atoms with E-state index in [1.807, 2.05) is 0 Å². The van der Waals surface area contributed by atoms with E-state index in [1.54, 1.807) is 121 Å². The Hall–Kier alpha value is -10.7. The van der Waals surface area contributed by atoms with E-state index in [1.165, 1.54) is 36.4 Å². The van der Waals surface area contributed by atoms with Gasteiger partial charge in [0.1, 0.15) is 61.2 Å². The number of thiophene rings is 2. The maximum absolute atomic E-state index is 15.6. The zero-order valence-corrected chi connectivity index (χ0v) is 46.8. The van der Waals surface area contributed by atoms with Gasteiger partial charge < -0.3 is 28.4 Å². The summed E-state index contributed by atoms with van der Waals surface area (Å²) in [7, 11) is 0. The summed E-state index contributed by atoms with van der Waals surface area (Å²) in [6.07, 6.45) is 2.34. The summed E-state index contributed by atoms with van der Waals surface area (Å²) >= 11 is 1.67. The lowest BCUT2D eigenvalue weighted by Gasteiger charge is -2.39. The SMILES string of the molecule is O=C1C(=O)c2c(F)cc(F)cc2/C1=C/c1cc2c(s1)-c1cc3c(cc1C(C(=O)OCc1ccccc1)(C(=O)OCc1ccccc1)O2)-c1sc(/C=C2\C(=O)C(=O)c4c(F)cc(F)cc42)cc1OC3(C(=O)OCc1ccccc1)C(=O)OCc1ccccc1. The summed E-state index contributed by atoms with van der Waals surface area (Å²) < 4.78 is 97.7. The lowest BCUT2D eigenvalue weighted by Crippen LogP contribution is -2.54. The predicted molar refractivity (Wildman–Crippen MR) is 310 cm³/mol. The molecule has 0 bridgehead atoms. The number of esters is 4. The van der Waals surface area contributed by atoms with Crippen LogP contribution < -0.4 is 9.47 Å². The van der Waals surface area contributed by atoms with Crippen LogP contribution in [0.5, 0.6) is 11.5 Å². The molecule has 4 heterocycles. The number of fused-ring (bicyclic) bond motifs is 8. The monoisotopic (exact) mass is 1220 g/mol. The Morgan fingerprint density at radius 3 is 1.01 bits per heavy atom. The Morgan fingerprint density at radius 2 is 0.705 bits per heavy atom. The van der Waals surface area contributed by atoms with Crippen LogP contribution in [0.15, 0.2) is 170 Å². The van der Waals surface area contributed by atoms with E-state index in [2.05, 4.69) is 0 Å². The summed E-state index contributed by atoms with van der Waals surface area (Å²) in [4.78, 5) is 116. The van der Waals surface area contributed by atoms with Crippen LogP contribution >= 0.6 is 22.7 Å². The van der Waals surface area contributed by atoms with E-state index in [-0.39, 0.29) is 64.4 Å². The van der Waals surface area contributed by atoms with Crippen molar-refractivity contribution < 1.29 is 84.3 Å². The third-order valence-electron chi connectivity index (χ3n) is 15.0. The van der Waals surface area contributed by atoms with E-state index in [4.69, 9.17) is 28.4 Å². The maximum Gasteiger partial charge on any atom is 0.367 e. The van der Waals surface area contributed by atoms with Gasteiger partial charge in [-0.05, 0) is 70.8 Å². The minimum absolute atomic E-state index is 0.0450. The Kier molecular flexibility index (Phi) is 14.3. The number of hydrogen-bond acceptors (Lipinski definition) is 16. The first-order valence-electron chi connectivity index (χ1n) is 26.8. The molecule has 0 N–H and O–H groups in total. The van der Waals surface area contributed by atoms with Crippen molar-refractivity contribution in [1.82, 2.24) is 0 Å². The highest BCUT2D eigenvalue weighted by atomic mass is 32.1. The zero-order valence-electron chi connectivity index (χ0n) is 45.2. The second kappa shape index (κ2) is 22.3. The van der Waals surface area contributed by atoms with E-state index in [0.717, 1.165) is 34.8 Å². The van der Waals surface area contributed by atoms with Gasteiger partial charge in [0.15, 0.2) is 0 Å². The molecule has 434 valence electrons. The number of carbonyl (C=O) groups is 8. The van der Waals surface area contributed by atoms with Crippen LogP contribution in [0.4, 0.5) is 17.6 Å². The van der Waals surface area contributed by atoms with Crippen LogP contribution in [0.2, 0.25) is 0 Å². The maximum atomic E-state index is 15.6. The number of ether oxygens (including phenoxy) is 6. The van der Waals surface area contributed by atoms with Crippen LogP contribution in [-0.2, 0) is 85.3 Å². The highest BCUT2D eigenvalue weighted by molar-refractivity contribution is 7.17. The molecule has 0 unspecified atom stereocenters. The largest absolute Gasteiger partial charge is 0.458 e. The first kappa shape index (κ1) is 56.4. The zero-order chi connectivity index (χ0) is 61.2. The lowest BCUT2D eigenvalue weighted by atomic mass is 9.78. The molecule has 0 amide bonds. The number of hydrogen-bond donors (Lipinski definition) is 0. The van der Waals surface area contributed by atoms with Gasteiger partial charge in [0, 0.05) is 66.4 Å². The molecule has 2 aromatic heterocycles. The Morgan fingerprint density at radius 1 is 0.398 bits per heavy atom. The van der Waals surface area contributed by atoms with Crippen LogP contribution in [0, 0.1) is 23.3 Å². The van der Waals surface area contributed by atoms with Gasteiger partial charge in [0.05, 0.1) is 20.9 Å². The molecule has 14 nitrogen and oxygen atoms in total. The molecule has 13 rings (SSSR count). The van der Waals surface area contributed by atoms with Crippen molar-refractivity contribution in [2.24, 2.45) is 0 Å². The molecule has 2 aliphatic carbocycles. The smallest absolute Gasteiger partial charge is 0.367 e. The van der Waals surface area contributed by atoms with Crippen LogP contribution in [-0.4, -0.2) is 47.0 Å². The summed E-state index contributed by atoms with van der Waals surface area (Å²) in [6, 6.07) is 41.4. The van der Waals surface area contributed by atoms with Crippen molar-refractivity contribution in [2.75, 3.05) is 0 Å². The summed E-state index contributed by atoms with van der Waals surface area (Å²) in [6.45, 7) is -1.74. The highest BCUT2D eigenvalue weighted by Crippen LogP contribution is 2.58. The van der Waals surface area contributed by atoms with E-state index < -0.39 is 130 Å². The number of Topliss-reactive ketones (excluding diaryl/α,β-unsaturated/α-hetero) is 4. The lowest BCUT2D eigenvalue weighted by molar-refractivity contribution is -0.185. The molecule has 0 fully saturated rings. The molecule has 2 aliphatic heterocycles. The normalized spacial score (nSPS) is 15.5. The highest BCUT2D eigenvalue weighted by Gasteiger charge is 2.62. The molecular weight excluding hydrogens is 1180 g/mol. The molecule has 0 radical (unpaired) electrons. The van der Waals surface area contributed by atoms with Crippen molar-refractivity contribution in [3.05, 3.63) is 259 Å². The first-order valence-corrected chi connectivity index (χ1v) is 28.5. The van der Waals surface area contributed by atoms with Crippen molar-refractivity contribution >= 4 is 93.0 Å². The first-order chi connectivity index (χ1) is 42.5. The van der Waals surface area contributed by atoms with E-state index in [9.17, 15) is 28.0 Å². The number of halogens is 4. The molecule has 0 atom stereocenters. The fourth-order valence-electron chi connectivity index (χ4n) is 10.8. The molecule has 20 heteroatoms. The second-order valence-electron chi connectivity index (χ2n) is 20.5. The topological polar surface area (TPSA) is 192 Å². The van der Waals surface area contributed by atoms with Gasteiger partial charge in [0.2, 0.25) is 23.1 Å². The third kappa shape index (κ3) is 9.67. The van der Waals surface area contributed by atoms with Gasteiger partial charge in [-0.1, -0.05) is 121 Å². The average Bonchev–Trinajstić information content (AvgIpc) is 1.12. The van der Waals surface area contributed by atoms with Crippen molar-refractivity contribution in [2.45, 2.75) is 37.6 Å². The Balaban J connectivity index is 1.07. The fraction of sp³-hybridized carbons (Fsp3) is 0.0882. The Bertz CT molecular complexity index is 4150. The average molecular weight is 1220 g/mol. The third-order valence-corrected chi connectivity index (χ3v) is 17.2. The number of allylic oxidation sites excluding steroid dienone is 2. The molecule has 4 aliphatic rings. The minimum atomic E-state index is -3.00. The van der Waals surface area contributed by atoms with Crippen molar-refractivity contribution in [3.63, 3.8) is 0 Å². The summed E-state index contributed by atoms with van der Waals surface area (Å²) in [5.41, 5.74) is -7.81. The molecule has 7 aromatic carbocycles. The van der Waals surface area contributed by atoms with Gasteiger partial charge in [-0.25, -0.2) is 36.7 Å². The number of carbonyl (C=O) groups excluding carboxylic acids is 8. The van der Waals surface area contributed by atoms with E-state index in [0.29, 0.717) is 34.4 Å². The number of ketones is 4. The van der Waals surface area contributed by atoms with Gasteiger partial charge in [-0.2, -0.15) is 0 Å². The van der Waals surface area contributed by atoms with Gasteiger partial charge in [0.25, 0.3) is 0 Å². The van der Waals surface area contributed by atoms with Gasteiger partial charge in [-0.15, -0.1) is 22.7 Å². The summed E-state index contributed by atoms with van der Waals surface area (Å²) in [5, 5.41) is 0. The van der Waals surface area contributed by atoms with Gasteiger partial charge >= 0.3 is 35.1 Å². The molecule has 9 aromatic rings. The Labute approximate surface area is 503 Å².